The quantitative estimate of drug-likeness (QED) is 0.585. The topological polar surface area (TPSA) is 54.4 Å². The Morgan fingerprint density at radius 1 is 1.75 bits per heavy atom. The van der Waals surface area contributed by atoms with Gasteiger partial charge in [0.05, 0.1) is 6.42 Å². The van der Waals surface area contributed by atoms with Crippen molar-refractivity contribution < 1.29 is 14.5 Å². The summed E-state index contributed by atoms with van der Waals surface area (Å²) in [7, 11) is -1.26. The summed E-state index contributed by atoms with van der Waals surface area (Å²) in [5.74, 6) is -0.879. The summed E-state index contributed by atoms with van der Waals surface area (Å²) in [5.41, 5.74) is 0. The molecule has 0 rings (SSSR count). The molecular formula is C4H8O3P+. The molecular weight excluding hydrogens is 127 g/mol. The Kier molecular flexibility index (Phi) is 3.37. The fraction of sp³-hybridized carbons (Fsp3) is 0.750. The molecule has 0 spiro atoms. The van der Waals surface area contributed by atoms with Gasteiger partial charge in [0.2, 0.25) is 0 Å². The Balaban J connectivity index is 3.18. The van der Waals surface area contributed by atoms with Crippen molar-refractivity contribution in [1.82, 2.24) is 0 Å². The lowest BCUT2D eigenvalue weighted by atomic mass is 10.5. The molecule has 3 nitrogen and oxygen atoms in total. The molecule has 8 heavy (non-hydrogen) atoms. The van der Waals surface area contributed by atoms with Gasteiger partial charge in [-0.15, -0.1) is 0 Å². The predicted molar refractivity (Wildman–Crippen MR) is 30.7 cm³/mol. The minimum atomic E-state index is -1.26. The van der Waals surface area contributed by atoms with E-state index in [4.69, 9.17) is 5.11 Å². The summed E-state index contributed by atoms with van der Waals surface area (Å²) in [6.45, 7) is 1.53. The van der Waals surface area contributed by atoms with E-state index in [2.05, 4.69) is 0 Å². The van der Waals surface area contributed by atoms with E-state index in [0.29, 0.717) is 6.16 Å². The largest absolute Gasteiger partial charge is 0.481 e. The van der Waals surface area contributed by atoms with Crippen molar-refractivity contribution in [3.05, 3.63) is 0 Å². The third-order valence-electron chi connectivity index (χ3n) is 0.641. The van der Waals surface area contributed by atoms with Crippen molar-refractivity contribution >= 4 is 13.8 Å². The molecule has 0 fully saturated rings. The Bertz CT molecular complexity index is 95.9. The van der Waals surface area contributed by atoms with Gasteiger partial charge in [-0.05, 0) is 0 Å². The monoisotopic (exact) mass is 135 g/mol. The Hall–Kier alpha value is -0.430. The number of hydrogen-bond donors (Lipinski definition) is 1. The molecule has 0 aliphatic carbocycles. The minimum absolute atomic E-state index is 0.0195. The molecule has 0 aliphatic rings. The van der Waals surface area contributed by atoms with Crippen molar-refractivity contribution in [3.8, 4) is 0 Å². The summed E-state index contributed by atoms with van der Waals surface area (Å²) in [5, 5.41) is 8.03. The van der Waals surface area contributed by atoms with Gasteiger partial charge in [-0.3, -0.25) is 4.79 Å². The highest BCUT2D eigenvalue weighted by molar-refractivity contribution is 7.43. The number of hydrogen-bond acceptors (Lipinski definition) is 2. The third kappa shape index (κ3) is 5.57. The lowest BCUT2D eigenvalue weighted by molar-refractivity contribution is -0.136. The highest BCUT2D eigenvalue weighted by Crippen LogP contribution is 2.13. The van der Waals surface area contributed by atoms with E-state index in [1.54, 1.807) is 0 Å². The van der Waals surface area contributed by atoms with E-state index < -0.39 is 13.8 Å². The summed E-state index contributed by atoms with van der Waals surface area (Å²) < 4.78 is 10.2. The summed E-state index contributed by atoms with van der Waals surface area (Å²) in [6, 6.07) is 0. The Morgan fingerprint density at radius 2 is 2.25 bits per heavy atom. The second kappa shape index (κ2) is 3.56. The van der Waals surface area contributed by atoms with Gasteiger partial charge in [0, 0.05) is 0 Å². The molecule has 0 amide bonds. The molecule has 0 heterocycles. The van der Waals surface area contributed by atoms with Crippen molar-refractivity contribution in [3.63, 3.8) is 0 Å². The zero-order valence-corrected chi connectivity index (χ0v) is 5.52. The van der Waals surface area contributed by atoms with E-state index in [0.717, 1.165) is 0 Å². The van der Waals surface area contributed by atoms with Gasteiger partial charge in [0.25, 0.3) is 0 Å². The molecule has 0 aromatic heterocycles. The van der Waals surface area contributed by atoms with E-state index in [9.17, 15) is 9.36 Å². The van der Waals surface area contributed by atoms with Crippen molar-refractivity contribution in [2.75, 3.05) is 12.8 Å². The van der Waals surface area contributed by atoms with Crippen LogP contribution in [0.25, 0.3) is 0 Å². The first-order valence-corrected chi connectivity index (χ1v) is 4.12. The lowest BCUT2D eigenvalue weighted by Gasteiger charge is -1.78. The number of carbonyl (C=O) groups is 1. The van der Waals surface area contributed by atoms with Crippen LogP contribution < -0.4 is 0 Å². The molecule has 4 heteroatoms. The van der Waals surface area contributed by atoms with Crippen LogP contribution in [0.3, 0.4) is 0 Å². The molecule has 0 radical (unpaired) electrons. The fourth-order valence-corrected chi connectivity index (χ4v) is 0.759. The van der Waals surface area contributed by atoms with Gasteiger partial charge in [-0.1, -0.05) is 4.57 Å². The molecule has 1 unspecified atom stereocenters. The highest BCUT2D eigenvalue weighted by atomic mass is 31.1. The average Bonchev–Trinajstić information content (AvgIpc) is 1.61. The second-order valence-electron chi connectivity index (χ2n) is 1.50. The van der Waals surface area contributed by atoms with E-state index in [1.807, 2.05) is 0 Å². The smallest absolute Gasteiger partial charge is 0.336 e. The molecule has 0 bridgehead atoms. The van der Waals surface area contributed by atoms with E-state index >= 15 is 0 Å². The van der Waals surface area contributed by atoms with Crippen LogP contribution in [0.2, 0.25) is 0 Å². The normalized spacial score (nSPS) is 10.9. The molecule has 0 saturated carbocycles. The van der Waals surface area contributed by atoms with Gasteiger partial charge in [-0.2, -0.15) is 0 Å². The maximum Gasteiger partial charge on any atom is 0.336 e. The Morgan fingerprint density at radius 3 is 2.38 bits per heavy atom. The van der Waals surface area contributed by atoms with Gasteiger partial charge >= 0.3 is 13.8 Å². The van der Waals surface area contributed by atoms with Crippen molar-refractivity contribution in [2.45, 2.75) is 6.42 Å². The van der Waals surface area contributed by atoms with Crippen LogP contribution in [0.1, 0.15) is 6.42 Å². The Labute approximate surface area is 48.5 Å². The van der Waals surface area contributed by atoms with Crippen molar-refractivity contribution in [2.24, 2.45) is 0 Å². The second-order valence-corrected chi connectivity index (χ2v) is 3.20. The average molecular weight is 135 g/mol. The van der Waals surface area contributed by atoms with E-state index in [1.165, 1.54) is 6.66 Å². The van der Waals surface area contributed by atoms with Gasteiger partial charge in [-0.25, -0.2) is 0 Å². The number of carboxylic acid groups (broad SMARTS) is 1. The summed E-state index contributed by atoms with van der Waals surface area (Å²) in [6.07, 6.45) is 0.316. The first-order chi connectivity index (χ1) is 3.63. The molecule has 0 saturated heterocycles. The third-order valence-corrected chi connectivity index (χ3v) is 1.49. The number of aliphatic carboxylic acids is 1. The van der Waals surface area contributed by atoms with Gasteiger partial charge in [0.15, 0.2) is 6.16 Å². The van der Waals surface area contributed by atoms with Crippen LogP contribution in [0.5, 0.6) is 0 Å². The summed E-state index contributed by atoms with van der Waals surface area (Å²) >= 11 is 0. The molecule has 0 aromatic carbocycles. The molecule has 0 aliphatic heterocycles. The molecule has 1 N–H and O–H groups in total. The fourth-order valence-electron chi connectivity index (χ4n) is 0.253. The zero-order chi connectivity index (χ0) is 6.57. The van der Waals surface area contributed by atoms with Crippen molar-refractivity contribution in [1.29, 1.82) is 0 Å². The van der Waals surface area contributed by atoms with Crippen LogP contribution in [0.4, 0.5) is 0 Å². The van der Waals surface area contributed by atoms with Crippen LogP contribution >= 0.6 is 7.80 Å². The molecule has 46 valence electrons. The number of rotatable bonds is 3. The zero-order valence-electron chi connectivity index (χ0n) is 4.63. The molecule has 0 aromatic rings. The standard InChI is InChI=1S/C4H7O3P/c1-8(7)3-2-4(5)6/h2-3H2,1H3/p+1. The maximum atomic E-state index is 10.2. The summed E-state index contributed by atoms with van der Waals surface area (Å²) in [4.78, 5) is 9.78. The molecule has 1 atom stereocenters. The first-order valence-electron chi connectivity index (χ1n) is 2.23. The van der Waals surface area contributed by atoms with Gasteiger partial charge in [0.1, 0.15) is 6.66 Å². The SMILES string of the molecule is C[P+](=O)CCC(=O)O. The van der Waals surface area contributed by atoms with Crippen LogP contribution in [0, 0.1) is 0 Å². The maximum absolute atomic E-state index is 10.2. The lowest BCUT2D eigenvalue weighted by Crippen LogP contribution is -1.94. The van der Waals surface area contributed by atoms with Crippen LogP contribution in [-0.4, -0.2) is 23.9 Å². The first kappa shape index (κ1) is 7.57. The highest BCUT2D eigenvalue weighted by Gasteiger charge is 2.07. The predicted octanol–water partition coefficient (Wildman–Crippen LogP) is 0.918. The minimum Gasteiger partial charge on any atom is -0.481 e. The van der Waals surface area contributed by atoms with Crippen LogP contribution in [0.15, 0.2) is 0 Å². The number of carboxylic acids is 1. The van der Waals surface area contributed by atoms with E-state index in [-0.39, 0.29) is 6.42 Å². The van der Waals surface area contributed by atoms with Gasteiger partial charge < -0.3 is 5.11 Å². The van der Waals surface area contributed by atoms with Crippen LogP contribution in [-0.2, 0) is 9.36 Å².